The van der Waals surface area contributed by atoms with Gasteiger partial charge in [-0.05, 0) is 43.3 Å². The number of nitrogens with zero attached hydrogens (tertiary/aromatic N) is 2. The second-order valence-corrected chi connectivity index (χ2v) is 6.82. The van der Waals surface area contributed by atoms with Crippen LogP contribution in [-0.2, 0) is 6.54 Å². The van der Waals surface area contributed by atoms with Crippen molar-refractivity contribution in [3.8, 4) is 0 Å². The lowest BCUT2D eigenvalue weighted by atomic mass is 10.2. The van der Waals surface area contributed by atoms with Gasteiger partial charge in [-0.2, -0.15) is 0 Å². The third-order valence-electron chi connectivity index (χ3n) is 4.54. The second-order valence-electron chi connectivity index (χ2n) is 6.42. The number of carbonyl (C=O) groups is 1. The summed E-state index contributed by atoms with van der Waals surface area (Å²) in [7, 11) is 0. The summed E-state index contributed by atoms with van der Waals surface area (Å²) < 4.78 is 21.4. The van der Waals surface area contributed by atoms with Gasteiger partial charge >= 0.3 is 0 Å². The van der Waals surface area contributed by atoms with E-state index in [0.717, 1.165) is 11.0 Å². The molecule has 2 heterocycles. The molecule has 0 aliphatic heterocycles. The number of halogens is 2. The Labute approximate surface area is 165 Å². The Hall–Kier alpha value is -3.12. The van der Waals surface area contributed by atoms with Gasteiger partial charge in [0.25, 0.3) is 5.91 Å². The van der Waals surface area contributed by atoms with Crippen LogP contribution >= 0.6 is 11.6 Å². The molecule has 4 aromatic rings. The molecule has 0 radical (unpaired) electrons. The minimum Gasteiger partial charge on any atom is -0.459 e. The fraction of sp³-hybridized carbons (Fsp3) is 0.143. The van der Waals surface area contributed by atoms with Gasteiger partial charge in [0, 0.05) is 10.6 Å². The van der Waals surface area contributed by atoms with Gasteiger partial charge in [0.1, 0.15) is 11.6 Å². The molecule has 5 nitrogen and oxygen atoms in total. The van der Waals surface area contributed by atoms with Crippen LogP contribution in [0.4, 0.5) is 4.39 Å². The maximum atomic E-state index is 14.4. The highest BCUT2D eigenvalue weighted by molar-refractivity contribution is 6.31. The fourth-order valence-corrected chi connectivity index (χ4v) is 3.40. The van der Waals surface area contributed by atoms with E-state index in [0.29, 0.717) is 16.4 Å². The number of benzene rings is 2. The molecule has 0 bridgehead atoms. The summed E-state index contributed by atoms with van der Waals surface area (Å²) in [6, 6.07) is 14.9. The van der Waals surface area contributed by atoms with Gasteiger partial charge in [-0.25, -0.2) is 9.37 Å². The van der Waals surface area contributed by atoms with Crippen molar-refractivity contribution in [3.63, 3.8) is 0 Å². The van der Waals surface area contributed by atoms with Crippen molar-refractivity contribution in [1.82, 2.24) is 14.9 Å². The molecule has 1 atom stereocenters. The standard InChI is InChI=1S/C21H17ClFN3O2/c1-13(24-21(27)19-10-5-11-28-19)20-25-17-8-2-3-9-18(17)26(20)12-14-15(22)6-4-7-16(14)23/h2-11,13H,12H2,1H3,(H,24,27). The second kappa shape index (κ2) is 7.48. The molecule has 0 aliphatic carbocycles. The van der Waals surface area contributed by atoms with E-state index in [4.69, 9.17) is 16.0 Å². The third kappa shape index (κ3) is 3.39. The number of hydrogen-bond donors (Lipinski definition) is 1. The zero-order valence-electron chi connectivity index (χ0n) is 15.0. The number of hydrogen-bond acceptors (Lipinski definition) is 3. The molecular weight excluding hydrogens is 381 g/mol. The summed E-state index contributed by atoms with van der Waals surface area (Å²) in [5, 5.41) is 3.22. The molecule has 0 fully saturated rings. The van der Waals surface area contributed by atoms with Crippen molar-refractivity contribution in [2.75, 3.05) is 0 Å². The number of furan rings is 1. The van der Waals surface area contributed by atoms with Gasteiger partial charge in [-0.1, -0.05) is 29.8 Å². The van der Waals surface area contributed by atoms with Gasteiger partial charge in [-0.3, -0.25) is 4.79 Å². The molecule has 2 aromatic carbocycles. The lowest BCUT2D eigenvalue weighted by Crippen LogP contribution is -2.28. The van der Waals surface area contributed by atoms with Crippen molar-refractivity contribution in [1.29, 1.82) is 0 Å². The average Bonchev–Trinajstić information content (AvgIpc) is 3.33. The van der Waals surface area contributed by atoms with E-state index in [1.54, 1.807) is 24.3 Å². The average molecular weight is 398 g/mol. The van der Waals surface area contributed by atoms with E-state index in [1.165, 1.54) is 12.3 Å². The summed E-state index contributed by atoms with van der Waals surface area (Å²) >= 11 is 6.23. The molecule has 1 N–H and O–H groups in total. The van der Waals surface area contributed by atoms with Crippen LogP contribution in [0.2, 0.25) is 5.02 Å². The summed E-state index contributed by atoms with van der Waals surface area (Å²) in [5.74, 6) is 0.0793. The Balaban J connectivity index is 1.74. The molecule has 0 saturated carbocycles. The predicted octanol–water partition coefficient (Wildman–Crippen LogP) is 4.96. The number of aromatic nitrogens is 2. The van der Waals surface area contributed by atoms with Gasteiger partial charge in [-0.15, -0.1) is 0 Å². The van der Waals surface area contributed by atoms with Crippen molar-refractivity contribution < 1.29 is 13.6 Å². The zero-order chi connectivity index (χ0) is 19.7. The molecule has 2 aromatic heterocycles. The number of fused-ring (bicyclic) bond motifs is 1. The van der Waals surface area contributed by atoms with E-state index >= 15 is 0 Å². The molecular formula is C21H17ClFN3O2. The first-order valence-corrected chi connectivity index (χ1v) is 9.15. The highest BCUT2D eigenvalue weighted by atomic mass is 35.5. The first-order valence-electron chi connectivity index (χ1n) is 8.77. The van der Waals surface area contributed by atoms with E-state index in [-0.39, 0.29) is 24.0 Å². The number of nitrogens with one attached hydrogen (secondary N) is 1. The molecule has 0 saturated heterocycles. The van der Waals surface area contributed by atoms with Crippen LogP contribution in [0.5, 0.6) is 0 Å². The lowest BCUT2D eigenvalue weighted by molar-refractivity contribution is 0.0909. The molecule has 4 rings (SSSR count). The minimum atomic E-state index is -0.435. The number of para-hydroxylation sites is 2. The number of carbonyl (C=O) groups excluding carboxylic acids is 1. The largest absolute Gasteiger partial charge is 0.459 e. The van der Waals surface area contributed by atoms with E-state index in [1.807, 2.05) is 35.8 Å². The van der Waals surface area contributed by atoms with Gasteiger partial charge < -0.3 is 14.3 Å². The summed E-state index contributed by atoms with van der Waals surface area (Å²) in [4.78, 5) is 17.0. The summed E-state index contributed by atoms with van der Waals surface area (Å²) in [6.07, 6.45) is 1.44. The van der Waals surface area contributed by atoms with E-state index in [9.17, 15) is 9.18 Å². The maximum absolute atomic E-state index is 14.4. The molecule has 7 heteroatoms. The monoisotopic (exact) mass is 397 g/mol. The normalized spacial score (nSPS) is 12.2. The van der Waals surface area contributed by atoms with Crippen LogP contribution in [-0.4, -0.2) is 15.5 Å². The summed E-state index contributed by atoms with van der Waals surface area (Å²) in [6.45, 7) is 2.02. The van der Waals surface area contributed by atoms with Crippen molar-refractivity contribution in [3.05, 3.63) is 88.8 Å². The lowest BCUT2D eigenvalue weighted by Gasteiger charge is -2.17. The Morgan fingerprint density at radius 3 is 2.79 bits per heavy atom. The van der Waals surface area contributed by atoms with E-state index < -0.39 is 6.04 Å². The van der Waals surface area contributed by atoms with Crippen molar-refractivity contribution in [2.24, 2.45) is 0 Å². The first kappa shape index (κ1) is 18.3. The van der Waals surface area contributed by atoms with Gasteiger partial charge in [0.05, 0.1) is 29.9 Å². The first-order chi connectivity index (χ1) is 13.5. The highest BCUT2D eigenvalue weighted by Gasteiger charge is 2.21. The molecule has 142 valence electrons. The third-order valence-corrected chi connectivity index (χ3v) is 4.90. The number of imidazole rings is 1. The van der Waals surface area contributed by atoms with Crippen LogP contribution in [0.3, 0.4) is 0 Å². The molecule has 1 amide bonds. The Bertz CT molecular complexity index is 1120. The van der Waals surface area contributed by atoms with Crippen LogP contribution in [0.1, 0.15) is 34.9 Å². The quantitative estimate of drug-likeness (QED) is 0.517. The SMILES string of the molecule is CC(NC(=O)c1ccco1)c1nc2ccccc2n1Cc1c(F)cccc1Cl. The van der Waals surface area contributed by atoms with Crippen molar-refractivity contribution in [2.45, 2.75) is 19.5 Å². The molecule has 28 heavy (non-hydrogen) atoms. The smallest absolute Gasteiger partial charge is 0.287 e. The van der Waals surface area contributed by atoms with Crippen LogP contribution in [0.15, 0.2) is 65.3 Å². The highest BCUT2D eigenvalue weighted by Crippen LogP contribution is 2.26. The predicted molar refractivity (Wildman–Crippen MR) is 105 cm³/mol. The molecule has 0 aliphatic rings. The minimum absolute atomic E-state index is 0.197. The Kier molecular flexibility index (Phi) is 4.88. The molecule has 0 spiro atoms. The number of rotatable bonds is 5. The number of amides is 1. The van der Waals surface area contributed by atoms with Crippen LogP contribution < -0.4 is 5.32 Å². The van der Waals surface area contributed by atoms with Crippen LogP contribution in [0, 0.1) is 5.82 Å². The maximum Gasteiger partial charge on any atom is 0.287 e. The zero-order valence-corrected chi connectivity index (χ0v) is 15.8. The Morgan fingerprint density at radius 1 is 1.21 bits per heavy atom. The molecule has 1 unspecified atom stereocenters. The van der Waals surface area contributed by atoms with Crippen molar-refractivity contribution >= 4 is 28.5 Å². The van der Waals surface area contributed by atoms with Crippen LogP contribution in [0.25, 0.3) is 11.0 Å². The van der Waals surface area contributed by atoms with E-state index in [2.05, 4.69) is 10.3 Å². The van der Waals surface area contributed by atoms with Gasteiger partial charge in [0.2, 0.25) is 0 Å². The Morgan fingerprint density at radius 2 is 2.04 bits per heavy atom. The topological polar surface area (TPSA) is 60.1 Å². The van der Waals surface area contributed by atoms with Gasteiger partial charge in [0.15, 0.2) is 5.76 Å². The fourth-order valence-electron chi connectivity index (χ4n) is 3.17. The summed E-state index contributed by atoms with van der Waals surface area (Å²) in [5.41, 5.74) is 1.96.